The summed E-state index contributed by atoms with van der Waals surface area (Å²) in [6.45, 7) is 1.14. The van der Waals surface area contributed by atoms with Crippen LogP contribution in [0, 0.1) is 0 Å². The van der Waals surface area contributed by atoms with Crippen LogP contribution < -0.4 is 15.2 Å². The predicted octanol–water partition coefficient (Wildman–Crippen LogP) is 1.90. The van der Waals surface area contributed by atoms with Gasteiger partial charge >= 0.3 is 0 Å². The maximum Gasteiger partial charge on any atom is 0.165 e. The van der Waals surface area contributed by atoms with Gasteiger partial charge in [0.2, 0.25) is 0 Å². The fraction of sp³-hybridized carbons (Fsp3) is 0.455. The Hall–Kier alpha value is -0.870. The molecule has 0 atom stereocenters. The number of para-hydroxylation sites is 1. The highest BCUT2D eigenvalue weighted by atomic mass is 32.2. The number of ether oxygens (including phenoxy) is 2. The van der Waals surface area contributed by atoms with Crippen LogP contribution in [0.15, 0.2) is 18.2 Å². The molecule has 0 aliphatic heterocycles. The molecule has 15 heavy (non-hydrogen) atoms. The molecule has 4 heteroatoms. The molecule has 0 fully saturated rings. The Balaban J connectivity index is 2.80. The van der Waals surface area contributed by atoms with Gasteiger partial charge in [0, 0.05) is 17.9 Å². The Labute approximate surface area is 94.9 Å². The first-order valence-corrected chi connectivity index (χ1v) is 6.20. The Morgan fingerprint density at radius 1 is 1.40 bits per heavy atom. The maximum atomic E-state index is 5.66. The maximum absolute atomic E-state index is 5.66. The minimum Gasteiger partial charge on any atom is -0.493 e. The SMILES string of the molecule is COc1cccc(CN)c1OCCSC. The number of methoxy groups -OCH3 is 1. The molecule has 0 aromatic heterocycles. The second-order valence-corrected chi connectivity index (χ2v) is 3.98. The largest absolute Gasteiger partial charge is 0.493 e. The van der Waals surface area contributed by atoms with Gasteiger partial charge in [-0.15, -0.1) is 0 Å². The summed E-state index contributed by atoms with van der Waals surface area (Å²) < 4.78 is 10.9. The lowest BCUT2D eigenvalue weighted by Crippen LogP contribution is -2.06. The molecule has 3 nitrogen and oxygen atoms in total. The normalized spacial score (nSPS) is 10.1. The van der Waals surface area contributed by atoms with Crippen molar-refractivity contribution in [1.82, 2.24) is 0 Å². The van der Waals surface area contributed by atoms with Crippen LogP contribution in [-0.4, -0.2) is 25.7 Å². The van der Waals surface area contributed by atoms with Crippen molar-refractivity contribution in [2.24, 2.45) is 5.73 Å². The molecular weight excluding hydrogens is 210 g/mol. The van der Waals surface area contributed by atoms with E-state index >= 15 is 0 Å². The van der Waals surface area contributed by atoms with Crippen LogP contribution in [0.5, 0.6) is 11.5 Å². The first-order valence-electron chi connectivity index (χ1n) is 4.81. The van der Waals surface area contributed by atoms with Crippen LogP contribution in [0.2, 0.25) is 0 Å². The third-order valence-electron chi connectivity index (χ3n) is 2.03. The fourth-order valence-corrected chi connectivity index (χ4v) is 1.52. The van der Waals surface area contributed by atoms with Gasteiger partial charge in [-0.3, -0.25) is 0 Å². The van der Waals surface area contributed by atoms with Crippen molar-refractivity contribution in [2.75, 3.05) is 25.7 Å². The van der Waals surface area contributed by atoms with Gasteiger partial charge < -0.3 is 15.2 Å². The van der Waals surface area contributed by atoms with Crippen molar-refractivity contribution in [3.8, 4) is 11.5 Å². The molecule has 84 valence electrons. The van der Waals surface area contributed by atoms with E-state index in [1.165, 1.54) is 0 Å². The zero-order valence-corrected chi connectivity index (χ0v) is 9.97. The lowest BCUT2D eigenvalue weighted by atomic mass is 10.2. The van der Waals surface area contributed by atoms with E-state index in [-0.39, 0.29) is 0 Å². The molecule has 0 saturated heterocycles. The summed E-state index contributed by atoms with van der Waals surface area (Å²) >= 11 is 1.75. The molecule has 1 aromatic carbocycles. The Morgan fingerprint density at radius 3 is 2.80 bits per heavy atom. The van der Waals surface area contributed by atoms with Crippen LogP contribution in [0.25, 0.3) is 0 Å². The number of hydrogen-bond acceptors (Lipinski definition) is 4. The van der Waals surface area contributed by atoms with Crippen molar-refractivity contribution < 1.29 is 9.47 Å². The molecule has 0 bridgehead atoms. The van der Waals surface area contributed by atoms with Crippen molar-refractivity contribution in [3.05, 3.63) is 23.8 Å². The zero-order valence-electron chi connectivity index (χ0n) is 9.16. The van der Waals surface area contributed by atoms with Gasteiger partial charge in [0.05, 0.1) is 13.7 Å². The highest BCUT2D eigenvalue weighted by Gasteiger charge is 2.08. The zero-order chi connectivity index (χ0) is 11.1. The second-order valence-electron chi connectivity index (χ2n) is 2.99. The van der Waals surface area contributed by atoms with Gasteiger partial charge in [0.1, 0.15) is 0 Å². The minimum absolute atomic E-state index is 0.464. The van der Waals surface area contributed by atoms with Crippen molar-refractivity contribution >= 4 is 11.8 Å². The monoisotopic (exact) mass is 227 g/mol. The van der Waals surface area contributed by atoms with Crippen molar-refractivity contribution in [3.63, 3.8) is 0 Å². The van der Waals surface area contributed by atoms with Gasteiger partial charge in [0.25, 0.3) is 0 Å². The molecule has 0 aliphatic rings. The molecule has 0 radical (unpaired) electrons. The fourth-order valence-electron chi connectivity index (χ4n) is 1.27. The summed E-state index contributed by atoms with van der Waals surface area (Å²) in [5, 5.41) is 0. The lowest BCUT2D eigenvalue weighted by molar-refractivity contribution is 0.310. The van der Waals surface area contributed by atoms with E-state index in [2.05, 4.69) is 6.26 Å². The van der Waals surface area contributed by atoms with Crippen LogP contribution >= 0.6 is 11.8 Å². The van der Waals surface area contributed by atoms with E-state index < -0.39 is 0 Å². The van der Waals surface area contributed by atoms with E-state index in [0.29, 0.717) is 13.2 Å². The first-order chi connectivity index (χ1) is 7.33. The average Bonchev–Trinajstić information content (AvgIpc) is 2.29. The van der Waals surface area contributed by atoms with Gasteiger partial charge in [0.15, 0.2) is 11.5 Å². The summed E-state index contributed by atoms with van der Waals surface area (Å²) in [5.74, 6) is 2.48. The number of thioether (sulfide) groups is 1. The van der Waals surface area contributed by atoms with E-state index in [0.717, 1.165) is 22.8 Å². The molecule has 0 saturated carbocycles. The van der Waals surface area contributed by atoms with Crippen molar-refractivity contribution in [1.29, 1.82) is 0 Å². The first kappa shape index (κ1) is 12.2. The molecule has 0 heterocycles. The minimum atomic E-state index is 0.464. The summed E-state index contributed by atoms with van der Waals surface area (Å²) in [4.78, 5) is 0. The highest BCUT2D eigenvalue weighted by Crippen LogP contribution is 2.30. The quantitative estimate of drug-likeness (QED) is 0.754. The molecule has 0 amide bonds. The number of hydrogen-bond donors (Lipinski definition) is 1. The molecule has 1 aromatic rings. The van der Waals surface area contributed by atoms with E-state index in [1.54, 1.807) is 18.9 Å². The average molecular weight is 227 g/mol. The topological polar surface area (TPSA) is 44.5 Å². The predicted molar refractivity (Wildman–Crippen MR) is 64.8 cm³/mol. The van der Waals surface area contributed by atoms with E-state index in [9.17, 15) is 0 Å². The summed E-state index contributed by atoms with van der Waals surface area (Å²) in [6, 6.07) is 5.76. The molecule has 0 unspecified atom stereocenters. The van der Waals surface area contributed by atoms with Gasteiger partial charge in [-0.1, -0.05) is 12.1 Å². The number of nitrogens with two attached hydrogens (primary N) is 1. The van der Waals surface area contributed by atoms with Crippen LogP contribution in [0.1, 0.15) is 5.56 Å². The Morgan fingerprint density at radius 2 is 2.20 bits per heavy atom. The Bertz CT molecular complexity index is 282. The smallest absolute Gasteiger partial charge is 0.165 e. The molecule has 2 N–H and O–H groups in total. The number of benzene rings is 1. The lowest BCUT2D eigenvalue weighted by Gasteiger charge is -2.13. The molecular formula is C11H17NO2S. The highest BCUT2D eigenvalue weighted by molar-refractivity contribution is 7.98. The van der Waals surface area contributed by atoms with E-state index in [4.69, 9.17) is 15.2 Å². The van der Waals surface area contributed by atoms with Crippen LogP contribution in [0.4, 0.5) is 0 Å². The molecule has 1 rings (SSSR count). The number of rotatable bonds is 6. The second kappa shape index (κ2) is 6.58. The van der Waals surface area contributed by atoms with Crippen LogP contribution in [0.3, 0.4) is 0 Å². The third-order valence-corrected chi connectivity index (χ3v) is 2.61. The Kier molecular flexibility index (Phi) is 5.36. The summed E-state index contributed by atoms with van der Waals surface area (Å²) in [6.07, 6.45) is 2.05. The van der Waals surface area contributed by atoms with Gasteiger partial charge in [-0.05, 0) is 12.3 Å². The summed E-state index contributed by atoms with van der Waals surface area (Å²) in [7, 11) is 1.64. The standard InChI is InChI=1S/C11H17NO2S/c1-13-10-5-3-4-9(8-12)11(10)14-6-7-15-2/h3-5H,6-8,12H2,1-2H3. The third kappa shape index (κ3) is 3.32. The van der Waals surface area contributed by atoms with Crippen molar-refractivity contribution in [2.45, 2.75) is 6.54 Å². The van der Waals surface area contributed by atoms with Gasteiger partial charge in [-0.25, -0.2) is 0 Å². The van der Waals surface area contributed by atoms with Gasteiger partial charge in [-0.2, -0.15) is 11.8 Å². The van der Waals surface area contributed by atoms with Crippen LogP contribution in [-0.2, 0) is 6.54 Å². The molecule has 0 aliphatic carbocycles. The van der Waals surface area contributed by atoms with E-state index in [1.807, 2.05) is 18.2 Å². The molecule has 0 spiro atoms. The summed E-state index contributed by atoms with van der Waals surface area (Å²) in [5.41, 5.74) is 6.62.